The lowest BCUT2D eigenvalue weighted by atomic mass is 10.2. The third-order valence-electron chi connectivity index (χ3n) is 4.93. The monoisotopic (exact) mass is 547 g/mol. The molecule has 1 unspecified atom stereocenters. The van der Waals surface area contributed by atoms with Crippen LogP contribution in [0.1, 0.15) is 37.1 Å². The third kappa shape index (κ3) is 6.96. The fourth-order valence-corrected chi connectivity index (χ4v) is 3.95. The van der Waals surface area contributed by atoms with Gasteiger partial charge in [-0.25, -0.2) is 18.5 Å². The maximum absolute atomic E-state index is 11.4. The molecule has 166 valence electrons. The van der Waals surface area contributed by atoms with Crippen LogP contribution in [0.25, 0.3) is 0 Å². The predicted molar refractivity (Wildman–Crippen MR) is 128 cm³/mol. The van der Waals surface area contributed by atoms with Gasteiger partial charge in [-0.1, -0.05) is 12.1 Å². The van der Waals surface area contributed by atoms with Gasteiger partial charge < -0.3 is 15.1 Å². The van der Waals surface area contributed by atoms with Crippen molar-refractivity contribution in [3.05, 3.63) is 54.0 Å². The first-order valence-corrected chi connectivity index (χ1v) is 11.4. The summed E-state index contributed by atoms with van der Waals surface area (Å²) in [5, 5.41) is 11.8. The van der Waals surface area contributed by atoms with Crippen molar-refractivity contribution in [2.24, 2.45) is 10.1 Å². The third-order valence-corrected chi connectivity index (χ3v) is 5.86. The van der Waals surface area contributed by atoms with Crippen molar-refractivity contribution in [3.63, 3.8) is 0 Å². The Labute approximate surface area is 195 Å². The number of nitrogens with two attached hydrogens (primary N) is 1. The predicted octanol–water partition coefficient (Wildman–Crippen LogP) is 2.44. The van der Waals surface area contributed by atoms with E-state index in [1.807, 2.05) is 19.1 Å². The summed E-state index contributed by atoms with van der Waals surface area (Å²) in [7, 11) is -3.68. The summed E-state index contributed by atoms with van der Waals surface area (Å²) in [6.07, 6.45) is 4.13. The number of aliphatic imine (C=N–C) groups is 1. The van der Waals surface area contributed by atoms with Crippen LogP contribution in [0.5, 0.6) is 0 Å². The highest BCUT2D eigenvalue weighted by molar-refractivity contribution is 14.0. The highest BCUT2D eigenvalue weighted by Gasteiger charge is 2.25. The van der Waals surface area contributed by atoms with E-state index < -0.39 is 10.0 Å². The first-order chi connectivity index (χ1) is 14.0. The highest BCUT2D eigenvalue weighted by Crippen LogP contribution is 2.24. The molecular formula is C20H30IN5O3S. The standard InChI is InChI=1S/C20H29N5O3S.HI/c1-2-22-20(23-14-16-7-9-17(10-8-16)29(21,26)27)24-15-18(19-6-5-13-28-19)25-11-3-4-12-25;/h5-10,13,18H,2-4,11-12,14-15H2,1H3,(H2,21,26,27)(H2,22,23,24);1H. The number of rotatable bonds is 8. The summed E-state index contributed by atoms with van der Waals surface area (Å²) < 4.78 is 28.4. The highest BCUT2D eigenvalue weighted by atomic mass is 127. The number of likely N-dealkylation sites (tertiary alicyclic amines) is 1. The molecule has 0 amide bonds. The van der Waals surface area contributed by atoms with Gasteiger partial charge >= 0.3 is 0 Å². The van der Waals surface area contributed by atoms with Crippen LogP contribution in [0.2, 0.25) is 0 Å². The summed E-state index contributed by atoms with van der Waals surface area (Å²) in [6.45, 7) is 6.00. The average Bonchev–Trinajstić information content (AvgIpc) is 3.40. The molecule has 8 nitrogen and oxygen atoms in total. The summed E-state index contributed by atoms with van der Waals surface area (Å²) in [4.78, 5) is 7.15. The van der Waals surface area contributed by atoms with E-state index in [4.69, 9.17) is 9.56 Å². The molecule has 1 aromatic heterocycles. The van der Waals surface area contributed by atoms with Gasteiger partial charge in [-0.3, -0.25) is 4.90 Å². The molecule has 1 aromatic carbocycles. The molecule has 0 aliphatic carbocycles. The fourth-order valence-electron chi connectivity index (χ4n) is 3.43. The SMILES string of the molecule is CCNC(=NCc1ccc(S(N)(=O)=O)cc1)NCC(c1ccco1)N1CCCC1.I. The number of guanidine groups is 1. The molecule has 0 bridgehead atoms. The quantitative estimate of drug-likeness (QED) is 0.266. The Bertz CT molecular complexity index is 895. The van der Waals surface area contributed by atoms with E-state index in [1.54, 1.807) is 18.4 Å². The molecule has 1 aliphatic rings. The molecular weight excluding hydrogens is 517 g/mol. The normalized spacial score (nSPS) is 16.1. The molecule has 0 radical (unpaired) electrons. The van der Waals surface area contributed by atoms with Crippen molar-refractivity contribution in [1.82, 2.24) is 15.5 Å². The van der Waals surface area contributed by atoms with Crippen LogP contribution in [-0.4, -0.2) is 45.5 Å². The lowest BCUT2D eigenvalue weighted by molar-refractivity contribution is 0.215. The molecule has 0 saturated carbocycles. The van der Waals surface area contributed by atoms with Gasteiger partial charge in [0, 0.05) is 13.1 Å². The Kier molecular flexibility index (Phi) is 9.59. The number of nitrogens with one attached hydrogen (secondary N) is 2. The van der Waals surface area contributed by atoms with Crippen LogP contribution < -0.4 is 15.8 Å². The zero-order valence-corrected chi connectivity index (χ0v) is 20.2. The number of hydrogen-bond donors (Lipinski definition) is 3. The number of primary sulfonamides is 1. The minimum absolute atomic E-state index is 0. The van der Waals surface area contributed by atoms with Crippen LogP contribution in [0.4, 0.5) is 0 Å². The Hall–Kier alpha value is -1.63. The second-order valence-electron chi connectivity index (χ2n) is 7.04. The largest absolute Gasteiger partial charge is 0.468 e. The zero-order chi connectivity index (χ0) is 20.7. The van der Waals surface area contributed by atoms with Gasteiger partial charge in [0.05, 0.1) is 23.7 Å². The average molecular weight is 547 g/mol. The minimum atomic E-state index is -3.68. The molecule has 1 aliphatic heterocycles. The first kappa shape index (κ1) is 24.6. The lowest BCUT2D eigenvalue weighted by Crippen LogP contribution is -2.42. The summed E-state index contributed by atoms with van der Waals surface area (Å²) >= 11 is 0. The van der Waals surface area contributed by atoms with Crippen LogP contribution in [0, 0.1) is 0 Å². The summed E-state index contributed by atoms with van der Waals surface area (Å²) in [5.41, 5.74) is 0.900. The molecule has 1 fully saturated rings. The van der Waals surface area contributed by atoms with Crippen molar-refractivity contribution in [2.75, 3.05) is 26.2 Å². The second kappa shape index (κ2) is 11.7. The van der Waals surface area contributed by atoms with Gasteiger partial charge in [0.25, 0.3) is 0 Å². The smallest absolute Gasteiger partial charge is 0.238 e. The maximum Gasteiger partial charge on any atom is 0.238 e. The van der Waals surface area contributed by atoms with Crippen LogP contribution in [0.3, 0.4) is 0 Å². The van der Waals surface area contributed by atoms with E-state index in [2.05, 4.69) is 20.5 Å². The molecule has 1 atom stereocenters. The second-order valence-corrected chi connectivity index (χ2v) is 8.60. The fraction of sp³-hybridized carbons (Fsp3) is 0.450. The molecule has 30 heavy (non-hydrogen) atoms. The molecule has 4 N–H and O–H groups in total. The van der Waals surface area contributed by atoms with E-state index in [-0.39, 0.29) is 34.9 Å². The van der Waals surface area contributed by atoms with Gasteiger partial charge in [0.1, 0.15) is 5.76 Å². The molecule has 2 aromatic rings. The van der Waals surface area contributed by atoms with E-state index >= 15 is 0 Å². The number of furan rings is 1. The van der Waals surface area contributed by atoms with Crippen molar-refractivity contribution in [1.29, 1.82) is 0 Å². The lowest BCUT2D eigenvalue weighted by Gasteiger charge is -2.26. The van der Waals surface area contributed by atoms with E-state index in [1.165, 1.54) is 25.0 Å². The maximum atomic E-state index is 11.4. The number of halogens is 1. The Morgan fingerprint density at radius 2 is 1.90 bits per heavy atom. The van der Waals surface area contributed by atoms with Gasteiger partial charge in [-0.2, -0.15) is 0 Å². The molecule has 10 heteroatoms. The van der Waals surface area contributed by atoms with Gasteiger partial charge in [-0.15, -0.1) is 24.0 Å². The summed E-state index contributed by atoms with van der Waals surface area (Å²) in [5.74, 6) is 1.66. The van der Waals surface area contributed by atoms with Gasteiger partial charge in [-0.05, 0) is 62.7 Å². The summed E-state index contributed by atoms with van der Waals surface area (Å²) in [6, 6.07) is 10.5. The van der Waals surface area contributed by atoms with Crippen molar-refractivity contribution < 1.29 is 12.8 Å². The van der Waals surface area contributed by atoms with Crippen molar-refractivity contribution in [3.8, 4) is 0 Å². The Balaban J connectivity index is 0.00000320. The van der Waals surface area contributed by atoms with Crippen molar-refractivity contribution in [2.45, 2.75) is 37.2 Å². The zero-order valence-electron chi connectivity index (χ0n) is 17.1. The molecule has 2 heterocycles. The number of benzene rings is 1. The van der Waals surface area contributed by atoms with Gasteiger partial charge in [0.2, 0.25) is 10.0 Å². The Morgan fingerprint density at radius 3 is 2.47 bits per heavy atom. The number of hydrogen-bond acceptors (Lipinski definition) is 5. The minimum Gasteiger partial charge on any atom is -0.468 e. The molecule has 1 saturated heterocycles. The topological polar surface area (TPSA) is 113 Å². The Morgan fingerprint density at radius 1 is 1.20 bits per heavy atom. The first-order valence-electron chi connectivity index (χ1n) is 9.88. The van der Waals surface area contributed by atoms with Crippen molar-refractivity contribution >= 4 is 40.0 Å². The van der Waals surface area contributed by atoms with Gasteiger partial charge in [0.15, 0.2) is 5.96 Å². The van der Waals surface area contributed by atoms with E-state index in [0.29, 0.717) is 19.0 Å². The van der Waals surface area contributed by atoms with Crippen LogP contribution in [0.15, 0.2) is 57.0 Å². The molecule has 3 rings (SSSR count). The van der Waals surface area contributed by atoms with E-state index in [9.17, 15) is 8.42 Å². The van der Waals surface area contributed by atoms with Crippen LogP contribution in [-0.2, 0) is 16.6 Å². The van der Waals surface area contributed by atoms with E-state index in [0.717, 1.165) is 31.0 Å². The number of nitrogens with zero attached hydrogens (tertiary/aromatic N) is 2. The van der Waals surface area contributed by atoms with Crippen LogP contribution >= 0.6 is 24.0 Å². The number of sulfonamides is 1. The molecule has 0 spiro atoms.